The molecular formula is C13H18ClN5O2. The van der Waals surface area contributed by atoms with Gasteiger partial charge in [-0.25, -0.2) is 0 Å². The molecule has 1 heterocycles. The normalized spacial score (nSPS) is 12.6. The van der Waals surface area contributed by atoms with Crippen molar-refractivity contribution in [3.05, 3.63) is 29.3 Å². The number of rotatable bonds is 7. The molecular weight excluding hydrogens is 294 g/mol. The monoisotopic (exact) mass is 311 g/mol. The number of ether oxygens (including phenoxy) is 1. The SMILES string of the molecule is CC(C)NCC(O)COc1nnnn1-c1ccc(Cl)cc1. The summed E-state index contributed by atoms with van der Waals surface area (Å²) in [4.78, 5) is 0. The molecule has 114 valence electrons. The Hall–Kier alpha value is -1.70. The highest BCUT2D eigenvalue weighted by atomic mass is 35.5. The van der Waals surface area contributed by atoms with Crippen LogP contribution in [0.5, 0.6) is 6.01 Å². The molecule has 0 aliphatic heterocycles. The standard InChI is InChI=1S/C13H18ClN5O2/c1-9(2)15-7-12(20)8-21-13-16-17-18-19(13)11-5-3-10(14)4-6-11/h3-6,9,12,15,20H,7-8H2,1-2H3. The molecule has 0 amide bonds. The Balaban J connectivity index is 1.96. The Labute approximate surface area is 127 Å². The van der Waals surface area contributed by atoms with E-state index in [4.69, 9.17) is 16.3 Å². The molecule has 1 aromatic carbocycles. The van der Waals surface area contributed by atoms with Crippen molar-refractivity contribution in [2.45, 2.75) is 26.0 Å². The fourth-order valence-electron chi connectivity index (χ4n) is 1.61. The van der Waals surface area contributed by atoms with Crippen molar-refractivity contribution >= 4 is 11.6 Å². The maximum absolute atomic E-state index is 9.81. The summed E-state index contributed by atoms with van der Waals surface area (Å²) in [5, 5.41) is 24.8. The summed E-state index contributed by atoms with van der Waals surface area (Å²) in [7, 11) is 0. The lowest BCUT2D eigenvalue weighted by Gasteiger charge is -2.14. The molecule has 0 saturated heterocycles. The lowest BCUT2D eigenvalue weighted by atomic mass is 10.3. The minimum absolute atomic E-state index is 0.105. The number of hydrogen-bond donors (Lipinski definition) is 2. The van der Waals surface area contributed by atoms with E-state index < -0.39 is 6.10 Å². The Morgan fingerprint density at radius 3 is 2.71 bits per heavy atom. The van der Waals surface area contributed by atoms with E-state index in [1.54, 1.807) is 24.3 Å². The molecule has 8 heteroatoms. The number of aliphatic hydroxyl groups is 1. The average molecular weight is 312 g/mol. The highest BCUT2D eigenvalue weighted by Gasteiger charge is 2.12. The molecule has 1 aromatic heterocycles. The lowest BCUT2D eigenvalue weighted by molar-refractivity contribution is 0.0978. The number of hydrogen-bond acceptors (Lipinski definition) is 6. The van der Waals surface area contributed by atoms with Gasteiger partial charge < -0.3 is 15.2 Å². The molecule has 7 nitrogen and oxygen atoms in total. The third kappa shape index (κ3) is 4.66. The highest BCUT2D eigenvalue weighted by molar-refractivity contribution is 6.30. The van der Waals surface area contributed by atoms with Gasteiger partial charge in [0.1, 0.15) is 12.7 Å². The summed E-state index contributed by atoms with van der Waals surface area (Å²) in [6, 6.07) is 7.57. The number of nitrogens with zero attached hydrogens (tertiary/aromatic N) is 4. The summed E-state index contributed by atoms with van der Waals surface area (Å²) in [5.74, 6) is 0. The van der Waals surface area contributed by atoms with Crippen LogP contribution in [0.3, 0.4) is 0 Å². The molecule has 0 aliphatic carbocycles. The van der Waals surface area contributed by atoms with Crippen LogP contribution in [0.15, 0.2) is 24.3 Å². The number of aliphatic hydroxyl groups excluding tert-OH is 1. The van der Waals surface area contributed by atoms with Crippen LogP contribution in [-0.4, -0.2) is 50.6 Å². The Morgan fingerprint density at radius 1 is 1.33 bits per heavy atom. The lowest BCUT2D eigenvalue weighted by Crippen LogP contribution is -2.35. The molecule has 0 spiro atoms. The first-order chi connectivity index (χ1) is 10.1. The van der Waals surface area contributed by atoms with Crippen molar-refractivity contribution < 1.29 is 9.84 Å². The first kappa shape index (κ1) is 15.7. The van der Waals surface area contributed by atoms with Gasteiger partial charge in [-0.05, 0) is 34.7 Å². The van der Waals surface area contributed by atoms with Crippen LogP contribution < -0.4 is 10.1 Å². The van der Waals surface area contributed by atoms with Gasteiger partial charge in [0.2, 0.25) is 0 Å². The van der Waals surface area contributed by atoms with Crippen LogP contribution in [0.4, 0.5) is 0 Å². The third-order valence-electron chi connectivity index (χ3n) is 2.68. The van der Waals surface area contributed by atoms with E-state index in [1.807, 2.05) is 13.8 Å². The fourth-order valence-corrected chi connectivity index (χ4v) is 1.74. The van der Waals surface area contributed by atoms with Crippen molar-refractivity contribution in [1.82, 2.24) is 25.5 Å². The average Bonchev–Trinajstić information content (AvgIpc) is 2.92. The number of halogens is 1. The van der Waals surface area contributed by atoms with Crippen molar-refractivity contribution in [3.63, 3.8) is 0 Å². The van der Waals surface area contributed by atoms with Gasteiger partial charge in [-0.3, -0.25) is 0 Å². The number of nitrogens with one attached hydrogen (secondary N) is 1. The fraction of sp³-hybridized carbons (Fsp3) is 0.462. The molecule has 0 saturated carbocycles. The molecule has 0 aliphatic rings. The summed E-state index contributed by atoms with van der Waals surface area (Å²) < 4.78 is 6.90. The van der Waals surface area contributed by atoms with E-state index in [-0.39, 0.29) is 12.6 Å². The van der Waals surface area contributed by atoms with Crippen molar-refractivity contribution in [2.75, 3.05) is 13.2 Å². The zero-order chi connectivity index (χ0) is 15.2. The van der Waals surface area contributed by atoms with Gasteiger partial charge in [0.05, 0.1) is 5.69 Å². The predicted octanol–water partition coefficient (Wildman–Crippen LogP) is 1.05. The Bertz CT molecular complexity index is 558. The van der Waals surface area contributed by atoms with Gasteiger partial charge in [-0.2, -0.15) is 4.68 Å². The maximum Gasteiger partial charge on any atom is 0.340 e. The first-order valence-corrected chi connectivity index (χ1v) is 7.02. The van der Waals surface area contributed by atoms with Crippen LogP contribution in [0.25, 0.3) is 5.69 Å². The van der Waals surface area contributed by atoms with E-state index in [1.165, 1.54) is 4.68 Å². The zero-order valence-corrected chi connectivity index (χ0v) is 12.7. The number of benzene rings is 1. The summed E-state index contributed by atoms with van der Waals surface area (Å²) in [5.41, 5.74) is 0.731. The zero-order valence-electron chi connectivity index (χ0n) is 11.9. The Kier molecular flexibility index (Phi) is 5.49. The second-order valence-corrected chi connectivity index (χ2v) is 5.31. The summed E-state index contributed by atoms with van der Waals surface area (Å²) >= 11 is 5.84. The van der Waals surface area contributed by atoms with Gasteiger partial charge in [-0.15, -0.1) is 0 Å². The minimum atomic E-state index is -0.636. The predicted molar refractivity (Wildman–Crippen MR) is 78.8 cm³/mol. The van der Waals surface area contributed by atoms with E-state index in [9.17, 15) is 5.11 Å². The van der Waals surface area contributed by atoms with E-state index in [2.05, 4.69) is 20.8 Å². The second-order valence-electron chi connectivity index (χ2n) is 4.88. The molecule has 0 fully saturated rings. The number of tetrazole rings is 1. The molecule has 2 N–H and O–H groups in total. The van der Waals surface area contributed by atoms with Gasteiger partial charge in [0, 0.05) is 17.6 Å². The molecule has 21 heavy (non-hydrogen) atoms. The quantitative estimate of drug-likeness (QED) is 0.795. The third-order valence-corrected chi connectivity index (χ3v) is 2.93. The molecule has 0 bridgehead atoms. The van der Waals surface area contributed by atoms with Gasteiger partial charge in [0.15, 0.2) is 0 Å². The van der Waals surface area contributed by atoms with Crippen molar-refractivity contribution in [3.8, 4) is 11.7 Å². The van der Waals surface area contributed by atoms with Crippen molar-refractivity contribution in [2.24, 2.45) is 0 Å². The van der Waals surface area contributed by atoms with Gasteiger partial charge in [0.25, 0.3) is 0 Å². The van der Waals surface area contributed by atoms with Gasteiger partial charge in [-0.1, -0.05) is 30.5 Å². The van der Waals surface area contributed by atoms with Crippen LogP contribution in [0.1, 0.15) is 13.8 Å². The number of aromatic nitrogens is 4. The highest BCUT2D eigenvalue weighted by Crippen LogP contribution is 2.16. The van der Waals surface area contributed by atoms with Crippen LogP contribution >= 0.6 is 11.6 Å². The van der Waals surface area contributed by atoms with Crippen LogP contribution in [0.2, 0.25) is 5.02 Å². The molecule has 1 atom stereocenters. The molecule has 2 aromatic rings. The molecule has 2 rings (SSSR count). The maximum atomic E-state index is 9.81. The minimum Gasteiger partial charge on any atom is -0.459 e. The van der Waals surface area contributed by atoms with Crippen LogP contribution in [0, 0.1) is 0 Å². The molecule has 1 unspecified atom stereocenters. The van der Waals surface area contributed by atoms with E-state index >= 15 is 0 Å². The van der Waals surface area contributed by atoms with Gasteiger partial charge >= 0.3 is 6.01 Å². The summed E-state index contributed by atoms with van der Waals surface area (Å²) in [6.07, 6.45) is -0.636. The smallest absolute Gasteiger partial charge is 0.340 e. The topological polar surface area (TPSA) is 85.1 Å². The Morgan fingerprint density at radius 2 is 2.05 bits per heavy atom. The van der Waals surface area contributed by atoms with Crippen molar-refractivity contribution in [1.29, 1.82) is 0 Å². The van der Waals surface area contributed by atoms with Crippen LogP contribution in [-0.2, 0) is 0 Å². The largest absolute Gasteiger partial charge is 0.459 e. The second kappa shape index (κ2) is 7.35. The summed E-state index contributed by atoms with van der Waals surface area (Å²) in [6.45, 7) is 4.57. The van der Waals surface area contributed by atoms with E-state index in [0.717, 1.165) is 5.69 Å². The first-order valence-electron chi connectivity index (χ1n) is 6.65. The van der Waals surface area contributed by atoms with E-state index in [0.29, 0.717) is 17.6 Å². The molecule has 0 radical (unpaired) electrons.